The topological polar surface area (TPSA) is 87.1 Å². The molecule has 2 heterocycles. The van der Waals surface area contributed by atoms with E-state index in [0.29, 0.717) is 48.3 Å². The lowest BCUT2D eigenvalue weighted by molar-refractivity contribution is -0.143. The maximum Gasteiger partial charge on any atom is 0.455 e. The molecule has 2 amide bonds. The number of hydrogen-bond acceptors (Lipinski definition) is 5. The Hall–Kier alpha value is -3.58. The van der Waals surface area contributed by atoms with Crippen molar-refractivity contribution >= 4 is 30.7 Å². The van der Waals surface area contributed by atoms with Gasteiger partial charge in [-0.25, -0.2) is 4.90 Å². The molecule has 13 heteroatoms. The zero-order chi connectivity index (χ0) is 34.3. The summed E-state index contributed by atoms with van der Waals surface area (Å²) in [5, 5.41) is 21.1. The summed E-state index contributed by atoms with van der Waals surface area (Å²) in [6, 6.07) is 7.68. The average molecular weight is 663 g/mol. The lowest BCUT2D eigenvalue weighted by Gasteiger charge is -2.43. The van der Waals surface area contributed by atoms with Crippen LogP contribution in [-0.2, 0) is 26.6 Å². The number of alkyl halides is 6. The van der Waals surface area contributed by atoms with Gasteiger partial charge in [-0.3, -0.25) is 9.59 Å². The van der Waals surface area contributed by atoms with E-state index in [1.807, 2.05) is 26.0 Å². The van der Waals surface area contributed by atoms with E-state index in [-0.39, 0.29) is 24.6 Å². The van der Waals surface area contributed by atoms with Gasteiger partial charge in [0.15, 0.2) is 0 Å². The van der Waals surface area contributed by atoms with Crippen LogP contribution in [0.15, 0.2) is 59.2 Å². The van der Waals surface area contributed by atoms with E-state index < -0.39 is 72.0 Å². The number of allylic oxidation sites excluding steroid dienone is 2. The summed E-state index contributed by atoms with van der Waals surface area (Å²) >= 11 is 0. The molecule has 0 radical (unpaired) electrons. The number of aromatic hydroxyl groups is 1. The van der Waals surface area contributed by atoms with E-state index in [1.54, 1.807) is 18.2 Å². The Labute approximate surface area is 269 Å². The molecule has 1 aliphatic carbocycles. The van der Waals surface area contributed by atoms with E-state index in [9.17, 15) is 46.1 Å². The fourth-order valence-corrected chi connectivity index (χ4v) is 7.36. The molecule has 2 aromatic rings. The molecule has 3 aliphatic rings. The van der Waals surface area contributed by atoms with Gasteiger partial charge in [-0.2, -0.15) is 26.3 Å². The number of halogens is 6. The third-order valence-corrected chi connectivity index (χ3v) is 9.29. The van der Waals surface area contributed by atoms with Crippen molar-refractivity contribution in [3.05, 3.63) is 75.9 Å². The molecule has 47 heavy (non-hydrogen) atoms. The molecule has 2 fully saturated rings. The molecule has 0 aromatic heterocycles. The van der Waals surface area contributed by atoms with Crippen molar-refractivity contribution in [2.75, 3.05) is 4.90 Å². The van der Waals surface area contributed by atoms with Gasteiger partial charge in [0.05, 0.1) is 34.8 Å². The van der Waals surface area contributed by atoms with E-state index >= 15 is 0 Å². The maximum atomic E-state index is 14.0. The minimum absolute atomic E-state index is 0.0412. The van der Waals surface area contributed by atoms with Gasteiger partial charge in [0.1, 0.15) is 5.75 Å². The van der Waals surface area contributed by atoms with Crippen molar-refractivity contribution in [3.8, 4) is 5.75 Å². The van der Waals surface area contributed by atoms with E-state index in [1.165, 1.54) is 0 Å². The van der Waals surface area contributed by atoms with Gasteiger partial charge in [-0.05, 0) is 74.2 Å². The first-order valence-corrected chi connectivity index (χ1v) is 15.8. The van der Waals surface area contributed by atoms with Crippen molar-refractivity contribution < 1.29 is 50.7 Å². The molecule has 0 spiro atoms. The van der Waals surface area contributed by atoms with Crippen LogP contribution in [0.25, 0.3) is 6.08 Å². The van der Waals surface area contributed by atoms with Gasteiger partial charge >= 0.3 is 19.5 Å². The van der Waals surface area contributed by atoms with E-state index in [4.69, 9.17) is 4.65 Å². The van der Waals surface area contributed by atoms with Crippen LogP contribution in [0.5, 0.6) is 5.75 Å². The Morgan fingerprint density at radius 3 is 2.21 bits per heavy atom. The standard InChI is InChI=1S/C34H36BF6NO5/c1-3-7-19(13-20-9-5-6-10-27(20)43)11-12-28-29-21(8-4-2)14-25-30(26(29)18-35(46)47-28)32(45)42(31(25)44)24-16-22(33(36,37)38)15-23(17-24)34(39,40)41/h5-6,9-10,13,15-17,25-26,28,30,43,46H,3-4,7-8,11-12,14,18H2,1-2H3/b19-13+/t25-,26+,28-,30-/m1/s1. The number of phenolic OH excluding ortho intramolecular Hbond substituents is 1. The first-order chi connectivity index (χ1) is 22.1. The largest absolute Gasteiger partial charge is 0.507 e. The third kappa shape index (κ3) is 7.16. The van der Waals surface area contributed by atoms with Crippen molar-refractivity contribution in [2.45, 2.75) is 83.6 Å². The maximum absolute atomic E-state index is 14.0. The summed E-state index contributed by atoms with van der Waals surface area (Å²) in [6.07, 6.45) is -5.20. The predicted molar refractivity (Wildman–Crippen MR) is 164 cm³/mol. The zero-order valence-electron chi connectivity index (χ0n) is 26.0. The summed E-state index contributed by atoms with van der Waals surface area (Å²) in [7, 11) is -1.30. The second-order valence-corrected chi connectivity index (χ2v) is 12.5. The van der Waals surface area contributed by atoms with Crippen LogP contribution >= 0.6 is 0 Å². The first kappa shape index (κ1) is 34.8. The van der Waals surface area contributed by atoms with Crippen LogP contribution in [-0.4, -0.2) is 35.2 Å². The smallest absolute Gasteiger partial charge is 0.455 e. The molecule has 2 aliphatic heterocycles. The number of carbonyl (C=O) groups is 2. The molecule has 6 nitrogen and oxygen atoms in total. The number of para-hydroxylation sites is 1. The predicted octanol–water partition coefficient (Wildman–Crippen LogP) is 8.20. The Balaban J connectivity index is 1.50. The minimum atomic E-state index is -5.15. The van der Waals surface area contributed by atoms with Crippen LogP contribution in [0.4, 0.5) is 32.0 Å². The number of carbonyl (C=O) groups excluding carboxylic acids is 2. The number of nitrogens with zero attached hydrogens (tertiary/aromatic N) is 1. The Morgan fingerprint density at radius 2 is 1.62 bits per heavy atom. The Bertz CT molecular complexity index is 1550. The van der Waals surface area contributed by atoms with Gasteiger partial charge in [-0.1, -0.05) is 62.1 Å². The van der Waals surface area contributed by atoms with Crippen LogP contribution in [0.2, 0.25) is 6.32 Å². The molecule has 2 aromatic carbocycles. The highest BCUT2D eigenvalue weighted by atomic mass is 19.4. The lowest BCUT2D eigenvalue weighted by Crippen LogP contribution is -2.46. The highest BCUT2D eigenvalue weighted by molar-refractivity contribution is 6.43. The van der Waals surface area contributed by atoms with Gasteiger partial charge < -0.3 is 14.8 Å². The second-order valence-electron chi connectivity index (χ2n) is 12.5. The van der Waals surface area contributed by atoms with Crippen molar-refractivity contribution in [1.82, 2.24) is 0 Å². The number of benzene rings is 2. The number of anilines is 1. The van der Waals surface area contributed by atoms with Crippen LogP contribution in [0.1, 0.15) is 75.5 Å². The van der Waals surface area contributed by atoms with Crippen molar-refractivity contribution in [3.63, 3.8) is 0 Å². The van der Waals surface area contributed by atoms with Crippen LogP contribution in [0.3, 0.4) is 0 Å². The Kier molecular flexibility index (Phi) is 9.98. The summed E-state index contributed by atoms with van der Waals surface area (Å²) in [5.74, 6) is -4.36. The normalized spacial score (nSPS) is 23.8. The van der Waals surface area contributed by atoms with E-state index in [2.05, 4.69) is 0 Å². The summed E-state index contributed by atoms with van der Waals surface area (Å²) in [5.41, 5.74) is -0.695. The number of phenols is 1. The molecule has 4 atom stereocenters. The van der Waals surface area contributed by atoms with Gasteiger partial charge in [0.25, 0.3) is 0 Å². The van der Waals surface area contributed by atoms with Gasteiger partial charge in [0, 0.05) is 5.56 Å². The summed E-state index contributed by atoms with van der Waals surface area (Å²) in [6.45, 7) is 3.96. The summed E-state index contributed by atoms with van der Waals surface area (Å²) < 4.78 is 88.0. The SMILES string of the molecule is CCCC1=C2[C@@H](CC/C(=C/c3ccccc3O)CCC)OB(O)C[C@@H]2[C@@H]2C(=O)N(c3cc(C(F)(F)F)cc(C(F)(F)F)c3)C(=O)[C@@H]2C1. The molecule has 0 unspecified atom stereocenters. The quantitative estimate of drug-likeness (QED) is 0.122. The number of fused-ring (bicyclic) bond motifs is 3. The van der Waals surface area contributed by atoms with Crippen molar-refractivity contribution in [1.29, 1.82) is 0 Å². The molecule has 2 saturated heterocycles. The molecule has 0 bridgehead atoms. The second kappa shape index (κ2) is 13.5. The molecule has 0 saturated carbocycles. The fraction of sp³-hybridized carbons (Fsp3) is 0.471. The Morgan fingerprint density at radius 1 is 0.957 bits per heavy atom. The number of amides is 2. The molecule has 5 rings (SSSR count). The monoisotopic (exact) mass is 663 g/mol. The lowest BCUT2D eigenvalue weighted by atomic mass is 9.58. The van der Waals surface area contributed by atoms with Gasteiger partial charge in [-0.15, -0.1) is 0 Å². The molecule has 2 N–H and O–H groups in total. The van der Waals surface area contributed by atoms with Gasteiger partial charge in [0.2, 0.25) is 11.8 Å². The minimum Gasteiger partial charge on any atom is -0.507 e. The number of rotatable bonds is 9. The first-order valence-electron chi connectivity index (χ1n) is 15.8. The highest BCUT2D eigenvalue weighted by Crippen LogP contribution is 2.52. The van der Waals surface area contributed by atoms with Crippen LogP contribution in [0, 0.1) is 17.8 Å². The number of imide groups is 1. The highest BCUT2D eigenvalue weighted by Gasteiger charge is 2.58. The summed E-state index contributed by atoms with van der Waals surface area (Å²) in [4.78, 5) is 28.2. The fourth-order valence-electron chi connectivity index (χ4n) is 7.36. The zero-order valence-corrected chi connectivity index (χ0v) is 26.0. The third-order valence-electron chi connectivity index (χ3n) is 9.29. The van der Waals surface area contributed by atoms with Crippen molar-refractivity contribution in [2.24, 2.45) is 17.8 Å². The molecular formula is C34H36BF6NO5. The average Bonchev–Trinajstić information content (AvgIpc) is 3.24. The van der Waals surface area contributed by atoms with E-state index in [0.717, 1.165) is 29.6 Å². The molecule has 252 valence electrons. The van der Waals surface area contributed by atoms with Crippen LogP contribution < -0.4 is 4.90 Å². The number of hydrogen-bond donors (Lipinski definition) is 2. The molecular weight excluding hydrogens is 627 g/mol.